The van der Waals surface area contributed by atoms with E-state index in [1.54, 1.807) is 37.3 Å². The molecule has 102 valence electrons. The summed E-state index contributed by atoms with van der Waals surface area (Å²) in [5, 5.41) is 0. The van der Waals surface area contributed by atoms with Crippen molar-refractivity contribution in [3.05, 3.63) is 64.5 Å². The summed E-state index contributed by atoms with van der Waals surface area (Å²) in [5.74, 6) is 0.0587. The number of carbonyl (C=O) groups is 1. The van der Waals surface area contributed by atoms with Gasteiger partial charge >= 0.3 is 0 Å². The van der Waals surface area contributed by atoms with Gasteiger partial charge < -0.3 is 4.74 Å². The number of rotatable bonds is 2. The normalized spacial score (nSPS) is 16.6. The van der Waals surface area contributed by atoms with Crippen LogP contribution in [-0.2, 0) is 6.42 Å². The Morgan fingerprint density at radius 1 is 1.25 bits per heavy atom. The Labute approximate surface area is 117 Å². The van der Waals surface area contributed by atoms with Gasteiger partial charge in [-0.3, -0.25) is 4.79 Å². The number of hydrogen-bond acceptors (Lipinski definition) is 2. The Morgan fingerprint density at radius 3 is 2.80 bits per heavy atom. The third-order valence-corrected chi connectivity index (χ3v) is 3.53. The van der Waals surface area contributed by atoms with Gasteiger partial charge in [-0.25, -0.2) is 4.39 Å². The van der Waals surface area contributed by atoms with Gasteiger partial charge in [0.25, 0.3) is 0 Å². The SMILES string of the molecule is Cc1ccc(C(=O)c2ccc3c(c2)CC(C)O3)c(F)c1. The van der Waals surface area contributed by atoms with Crippen molar-refractivity contribution in [1.29, 1.82) is 0 Å². The Kier molecular flexibility index (Phi) is 3.05. The van der Waals surface area contributed by atoms with Gasteiger partial charge in [0.05, 0.1) is 5.56 Å². The minimum Gasteiger partial charge on any atom is -0.490 e. The highest BCUT2D eigenvalue weighted by Gasteiger charge is 2.21. The van der Waals surface area contributed by atoms with Gasteiger partial charge in [-0.1, -0.05) is 6.07 Å². The molecule has 0 spiro atoms. The molecule has 0 saturated heterocycles. The van der Waals surface area contributed by atoms with Gasteiger partial charge in [-0.15, -0.1) is 0 Å². The van der Waals surface area contributed by atoms with Gasteiger partial charge in [-0.2, -0.15) is 0 Å². The van der Waals surface area contributed by atoms with Gasteiger partial charge in [0.2, 0.25) is 0 Å². The van der Waals surface area contributed by atoms with E-state index in [2.05, 4.69) is 0 Å². The number of ether oxygens (including phenoxy) is 1. The first kappa shape index (κ1) is 12.9. The fourth-order valence-electron chi connectivity index (χ4n) is 2.52. The third kappa shape index (κ3) is 2.20. The van der Waals surface area contributed by atoms with Gasteiger partial charge in [0.1, 0.15) is 17.7 Å². The molecule has 2 aromatic carbocycles. The molecule has 1 aliphatic rings. The van der Waals surface area contributed by atoms with Crippen molar-refractivity contribution >= 4 is 5.78 Å². The molecule has 3 heteroatoms. The van der Waals surface area contributed by atoms with Crippen LogP contribution < -0.4 is 4.74 Å². The largest absolute Gasteiger partial charge is 0.490 e. The lowest BCUT2D eigenvalue weighted by atomic mass is 9.99. The highest BCUT2D eigenvalue weighted by Crippen LogP contribution is 2.30. The number of hydrogen-bond donors (Lipinski definition) is 0. The summed E-state index contributed by atoms with van der Waals surface area (Å²) in [7, 11) is 0. The van der Waals surface area contributed by atoms with E-state index in [1.165, 1.54) is 6.07 Å². The monoisotopic (exact) mass is 270 g/mol. The Hall–Kier alpha value is -2.16. The number of ketones is 1. The van der Waals surface area contributed by atoms with Crippen LogP contribution in [0.2, 0.25) is 0 Å². The van der Waals surface area contributed by atoms with Crippen molar-refractivity contribution in [2.45, 2.75) is 26.4 Å². The van der Waals surface area contributed by atoms with E-state index in [-0.39, 0.29) is 17.5 Å². The molecule has 0 amide bonds. The second kappa shape index (κ2) is 4.75. The number of halogens is 1. The quantitative estimate of drug-likeness (QED) is 0.778. The molecule has 1 heterocycles. The molecule has 0 fully saturated rings. The lowest BCUT2D eigenvalue weighted by Crippen LogP contribution is -2.05. The minimum absolute atomic E-state index is 0.113. The standard InChI is InChI=1S/C17H15FO2/c1-10-3-5-14(15(18)7-10)17(19)12-4-6-16-13(9-12)8-11(2)20-16/h3-7,9,11H,8H2,1-2H3. The van der Waals surface area contributed by atoms with Crippen LogP contribution in [-0.4, -0.2) is 11.9 Å². The first-order chi connectivity index (χ1) is 9.54. The van der Waals surface area contributed by atoms with E-state index in [1.807, 2.05) is 6.92 Å². The molecule has 0 N–H and O–H groups in total. The van der Waals surface area contributed by atoms with Gasteiger partial charge in [0.15, 0.2) is 5.78 Å². The average Bonchev–Trinajstić information content (AvgIpc) is 2.77. The molecule has 2 aromatic rings. The highest BCUT2D eigenvalue weighted by molar-refractivity contribution is 6.09. The predicted molar refractivity (Wildman–Crippen MR) is 74.8 cm³/mol. The molecule has 20 heavy (non-hydrogen) atoms. The third-order valence-electron chi connectivity index (χ3n) is 3.53. The first-order valence-electron chi connectivity index (χ1n) is 6.65. The molecule has 0 bridgehead atoms. The fraction of sp³-hybridized carbons (Fsp3) is 0.235. The van der Waals surface area contributed by atoms with Gasteiger partial charge in [0, 0.05) is 12.0 Å². The summed E-state index contributed by atoms with van der Waals surface area (Å²) in [5.41, 5.74) is 2.43. The van der Waals surface area contributed by atoms with Crippen molar-refractivity contribution in [3.8, 4) is 5.75 Å². The van der Waals surface area contributed by atoms with E-state index >= 15 is 0 Å². The second-order valence-electron chi connectivity index (χ2n) is 5.27. The Morgan fingerprint density at radius 2 is 2.05 bits per heavy atom. The molecule has 1 aliphatic heterocycles. The lowest BCUT2D eigenvalue weighted by molar-refractivity contribution is 0.103. The van der Waals surface area contributed by atoms with Crippen LogP contribution in [0.3, 0.4) is 0 Å². The van der Waals surface area contributed by atoms with Crippen LogP contribution in [0.1, 0.15) is 34.0 Å². The van der Waals surface area contributed by atoms with E-state index < -0.39 is 5.82 Å². The second-order valence-corrected chi connectivity index (χ2v) is 5.27. The maximum atomic E-state index is 13.9. The summed E-state index contributed by atoms with van der Waals surface area (Å²) < 4.78 is 19.5. The topological polar surface area (TPSA) is 26.3 Å². The van der Waals surface area contributed by atoms with Crippen LogP contribution in [0.25, 0.3) is 0 Å². The average molecular weight is 270 g/mol. The predicted octanol–water partition coefficient (Wildman–Crippen LogP) is 3.69. The summed E-state index contributed by atoms with van der Waals surface area (Å²) in [6.45, 7) is 3.78. The fourth-order valence-corrected chi connectivity index (χ4v) is 2.52. The van der Waals surface area contributed by atoms with Crippen LogP contribution in [0.4, 0.5) is 4.39 Å². The molecule has 3 rings (SSSR count). The lowest BCUT2D eigenvalue weighted by Gasteiger charge is -2.06. The van der Waals surface area contributed by atoms with Gasteiger partial charge in [-0.05, 0) is 55.3 Å². The molecule has 0 saturated carbocycles. The summed E-state index contributed by atoms with van der Waals surface area (Å²) in [6, 6.07) is 9.96. The Balaban J connectivity index is 1.97. The van der Waals surface area contributed by atoms with Crippen molar-refractivity contribution in [3.63, 3.8) is 0 Å². The molecule has 0 aliphatic carbocycles. The molecule has 0 radical (unpaired) electrons. The molecular formula is C17H15FO2. The van der Waals surface area contributed by atoms with Crippen LogP contribution >= 0.6 is 0 Å². The van der Waals surface area contributed by atoms with E-state index in [9.17, 15) is 9.18 Å². The van der Waals surface area contributed by atoms with Crippen LogP contribution in [0, 0.1) is 12.7 Å². The molecule has 1 atom stereocenters. The first-order valence-corrected chi connectivity index (χ1v) is 6.65. The van der Waals surface area contributed by atoms with Crippen LogP contribution in [0.5, 0.6) is 5.75 Å². The number of aryl methyl sites for hydroxylation is 1. The van der Waals surface area contributed by atoms with Crippen LogP contribution in [0.15, 0.2) is 36.4 Å². The van der Waals surface area contributed by atoms with Crippen molar-refractivity contribution < 1.29 is 13.9 Å². The molecule has 2 nitrogen and oxygen atoms in total. The molecular weight excluding hydrogens is 255 g/mol. The maximum absolute atomic E-state index is 13.9. The van der Waals surface area contributed by atoms with E-state index in [0.717, 1.165) is 23.3 Å². The summed E-state index contributed by atoms with van der Waals surface area (Å²) in [4.78, 5) is 12.4. The van der Waals surface area contributed by atoms with Crippen molar-refractivity contribution in [1.82, 2.24) is 0 Å². The summed E-state index contributed by atoms with van der Waals surface area (Å²) >= 11 is 0. The molecule has 0 aromatic heterocycles. The van der Waals surface area contributed by atoms with E-state index in [0.29, 0.717) is 5.56 Å². The molecule has 1 unspecified atom stereocenters. The summed E-state index contributed by atoms with van der Waals surface area (Å²) in [6.07, 6.45) is 0.916. The zero-order chi connectivity index (χ0) is 14.3. The van der Waals surface area contributed by atoms with E-state index in [4.69, 9.17) is 4.74 Å². The minimum atomic E-state index is -0.472. The number of carbonyl (C=O) groups excluding carboxylic acids is 1. The smallest absolute Gasteiger partial charge is 0.195 e. The zero-order valence-corrected chi connectivity index (χ0v) is 11.4. The maximum Gasteiger partial charge on any atom is 0.195 e. The number of fused-ring (bicyclic) bond motifs is 1. The van der Waals surface area contributed by atoms with Crippen molar-refractivity contribution in [2.75, 3.05) is 0 Å². The zero-order valence-electron chi connectivity index (χ0n) is 11.4. The highest BCUT2D eigenvalue weighted by atomic mass is 19.1. The Bertz CT molecular complexity index is 691. The number of benzene rings is 2. The van der Waals surface area contributed by atoms with Crippen molar-refractivity contribution in [2.24, 2.45) is 0 Å².